The van der Waals surface area contributed by atoms with E-state index in [1.54, 1.807) is 0 Å². The molecule has 0 unspecified atom stereocenters. The number of allylic oxidation sites excluding steroid dienone is 2. The molecule has 0 bridgehead atoms. The summed E-state index contributed by atoms with van der Waals surface area (Å²) >= 11 is 0. The van der Waals surface area contributed by atoms with E-state index in [9.17, 15) is 14.7 Å². The van der Waals surface area contributed by atoms with Gasteiger partial charge in [0.15, 0.2) is 0 Å². The third-order valence-electron chi connectivity index (χ3n) is 8.04. The van der Waals surface area contributed by atoms with Crippen LogP contribution < -0.4 is 0 Å². The van der Waals surface area contributed by atoms with Crippen molar-refractivity contribution in [3.05, 3.63) is 45.5 Å². The van der Waals surface area contributed by atoms with Gasteiger partial charge in [0.1, 0.15) is 5.75 Å². The van der Waals surface area contributed by atoms with Crippen LogP contribution in [-0.4, -0.2) is 41.1 Å². The third kappa shape index (κ3) is 4.35. The van der Waals surface area contributed by atoms with E-state index in [0.29, 0.717) is 25.3 Å². The summed E-state index contributed by atoms with van der Waals surface area (Å²) < 4.78 is 6.32. The van der Waals surface area contributed by atoms with Crippen LogP contribution in [0.1, 0.15) is 76.0 Å². The van der Waals surface area contributed by atoms with Crippen LogP contribution in [0.3, 0.4) is 0 Å². The molecule has 0 radical (unpaired) electrons. The third-order valence-corrected chi connectivity index (χ3v) is 8.04. The highest BCUT2D eigenvalue weighted by Crippen LogP contribution is 2.50. The Labute approximate surface area is 203 Å². The second-order valence-electron chi connectivity index (χ2n) is 10.2. The highest BCUT2D eigenvalue weighted by atomic mass is 16.5. The second kappa shape index (κ2) is 10.1. The standard InChI is InChI=1S/C29H39NO4/c1-6-11-30-28(32)22-15-21(8-3)25-23(26(22)29(30)33)16-34-24(25)10-9-19(7-2)14-20-12-17(4)27(31)18(5)13-20/h12-14,22-24,26,31H,6-11,15-16H2,1-5H3/b19-14+/t22-,23+,24-,26-/m1/s1. The Hall–Kier alpha value is -2.40. The van der Waals surface area contributed by atoms with Crippen LogP contribution in [0, 0.1) is 31.6 Å². The van der Waals surface area contributed by atoms with Crippen molar-refractivity contribution in [2.75, 3.05) is 13.2 Å². The van der Waals surface area contributed by atoms with Gasteiger partial charge in [-0.25, -0.2) is 0 Å². The van der Waals surface area contributed by atoms with Crippen molar-refractivity contribution in [2.45, 2.75) is 79.2 Å². The fourth-order valence-corrected chi connectivity index (χ4v) is 6.30. The van der Waals surface area contributed by atoms with Crippen LogP contribution in [0.2, 0.25) is 0 Å². The molecule has 2 heterocycles. The number of ether oxygens (including phenoxy) is 1. The molecule has 2 amide bonds. The molecule has 2 saturated heterocycles. The molecule has 1 aromatic rings. The fraction of sp³-hybridized carbons (Fsp3) is 0.586. The quantitative estimate of drug-likeness (QED) is 0.394. The number of imide groups is 1. The Balaban J connectivity index is 1.53. The number of rotatable bonds is 8. The monoisotopic (exact) mass is 465 g/mol. The Bertz CT molecular complexity index is 1010. The van der Waals surface area contributed by atoms with E-state index in [-0.39, 0.29) is 35.7 Å². The summed E-state index contributed by atoms with van der Waals surface area (Å²) in [5.74, 6) is 0.0312. The number of hydrogen-bond acceptors (Lipinski definition) is 4. The first kappa shape index (κ1) is 24.7. The number of aromatic hydroxyl groups is 1. The molecule has 3 aliphatic rings. The van der Waals surface area contributed by atoms with Gasteiger partial charge in [-0.1, -0.05) is 38.0 Å². The Morgan fingerprint density at radius 1 is 1.12 bits per heavy atom. The molecular formula is C29H39NO4. The Kier molecular flexibility index (Phi) is 7.32. The molecule has 2 aliphatic heterocycles. The summed E-state index contributed by atoms with van der Waals surface area (Å²) in [7, 11) is 0. The van der Waals surface area contributed by atoms with Gasteiger partial charge in [-0.2, -0.15) is 0 Å². The van der Waals surface area contributed by atoms with Crippen LogP contribution in [0.4, 0.5) is 0 Å². The van der Waals surface area contributed by atoms with Gasteiger partial charge in [0.2, 0.25) is 11.8 Å². The normalized spacial score (nSPS) is 27.0. The minimum Gasteiger partial charge on any atom is -0.507 e. The molecule has 4 atom stereocenters. The molecular weight excluding hydrogens is 426 g/mol. The number of phenols is 1. The topological polar surface area (TPSA) is 66.8 Å². The summed E-state index contributed by atoms with van der Waals surface area (Å²) in [5.41, 5.74) is 6.91. The Morgan fingerprint density at radius 3 is 2.44 bits per heavy atom. The lowest BCUT2D eigenvalue weighted by Gasteiger charge is -2.31. The first-order chi connectivity index (χ1) is 16.3. The van der Waals surface area contributed by atoms with Crippen LogP contribution in [-0.2, 0) is 14.3 Å². The number of amides is 2. The number of likely N-dealkylation sites (tertiary alicyclic amines) is 1. The summed E-state index contributed by atoms with van der Waals surface area (Å²) in [6.45, 7) is 11.3. The number of carbonyl (C=O) groups is 2. The smallest absolute Gasteiger partial charge is 0.233 e. The molecule has 2 fully saturated rings. The van der Waals surface area contributed by atoms with Crippen molar-refractivity contribution in [1.29, 1.82) is 0 Å². The van der Waals surface area contributed by atoms with E-state index in [0.717, 1.165) is 48.8 Å². The molecule has 1 N–H and O–H groups in total. The molecule has 0 saturated carbocycles. The molecule has 4 rings (SSSR count). The Morgan fingerprint density at radius 2 is 1.82 bits per heavy atom. The average molecular weight is 466 g/mol. The number of fused-ring (bicyclic) bond motifs is 3. The first-order valence-corrected chi connectivity index (χ1v) is 13.0. The van der Waals surface area contributed by atoms with Gasteiger partial charge in [0.05, 0.1) is 24.5 Å². The maximum Gasteiger partial charge on any atom is 0.233 e. The molecule has 1 aromatic carbocycles. The van der Waals surface area contributed by atoms with Crippen LogP contribution in [0.15, 0.2) is 28.9 Å². The lowest BCUT2D eigenvalue weighted by molar-refractivity contribution is -0.140. The highest BCUT2D eigenvalue weighted by molar-refractivity contribution is 6.05. The summed E-state index contributed by atoms with van der Waals surface area (Å²) in [6.07, 6.45) is 7.46. The minimum atomic E-state index is -0.238. The lowest BCUT2D eigenvalue weighted by Crippen LogP contribution is -2.34. The average Bonchev–Trinajstić information content (AvgIpc) is 3.34. The van der Waals surface area contributed by atoms with Crippen molar-refractivity contribution in [2.24, 2.45) is 17.8 Å². The zero-order valence-electron chi connectivity index (χ0n) is 21.3. The second-order valence-corrected chi connectivity index (χ2v) is 10.2. The lowest BCUT2D eigenvalue weighted by atomic mass is 9.69. The number of benzene rings is 1. The number of hydrogen-bond donors (Lipinski definition) is 1. The van der Waals surface area contributed by atoms with Gasteiger partial charge < -0.3 is 9.84 Å². The van der Waals surface area contributed by atoms with E-state index >= 15 is 0 Å². The van der Waals surface area contributed by atoms with Crippen molar-refractivity contribution in [1.82, 2.24) is 4.90 Å². The molecule has 5 nitrogen and oxygen atoms in total. The predicted molar refractivity (Wildman–Crippen MR) is 134 cm³/mol. The SMILES string of the molecule is CCCN1C(=O)[C@@H]2[C@@H](CC(CC)=C3[C@@H](CC/C(=C/c4cc(C)c(O)c(C)c4)CC)OC[C@@H]32)C1=O. The van der Waals surface area contributed by atoms with E-state index in [1.165, 1.54) is 21.6 Å². The van der Waals surface area contributed by atoms with Crippen molar-refractivity contribution >= 4 is 17.9 Å². The van der Waals surface area contributed by atoms with E-state index in [2.05, 4.69) is 19.9 Å². The maximum atomic E-state index is 13.2. The largest absolute Gasteiger partial charge is 0.507 e. The van der Waals surface area contributed by atoms with Crippen LogP contribution in [0.25, 0.3) is 6.08 Å². The number of nitrogens with zero attached hydrogens (tertiary/aromatic N) is 1. The molecule has 34 heavy (non-hydrogen) atoms. The van der Waals surface area contributed by atoms with E-state index in [4.69, 9.17) is 4.74 Å². The molecule has 1 aliphatic carbocycles. The van der Waals surface area contributed by atoms with Gasteiger partial charge in [0.25, 0.3) is 0 Å². The predicted octanol–water partition coefficient (Wildman–Crippen LogP) is 5.72. The summed E-state index contributed by atoms with van der Waals surface area (Å²) in [4.78, 5) is 27.7. The van der Waals surface area contributed by atoms with E-state index in [1.807, 2.05) is 32.9 Å². The highest BCUT2D eigenvalue weighted by Gasteiger charge is 2.56. The number of aryl methyl sites for hydroxylation is 2. The van der Waals surface area contributed by atoms with Gasteiger partial charge in [-0.15, -0.1) is 0 Å². The minimum absolute atomic E-state index is 0.0194. The fourth-order valence-electron chi connectivity index (χ4n) is 6.30. The van der Waals surface area contributed by atoms with Gasteiger partial charge in [0, 0.05) is 12.5 Å². The zero-order valence-corrected chi connectivity index (χ0v) is 21.3. The van der Waals surface area contributed by atoms with Gasteiger partial charge in [-0.05, 0) is 86.8 Å². The van der Waals surface area contributed by atoms with Gasteiger partial charge in [-0.3, -0.25) is 14.5 Å². The van der Waals surface area contributed by atoms with Crippen molar-refractivity contribution in [3.8, 4) is 5.75 Å². The van der Waals surface area contributed by atoms with Gasteiger partial charge >= 0.3 is 0 Å². The molecule has 0 aromatic heterocycles. The van der Waals surface area contributed by atoms with E-state index < -0.39 is 0 Å². The molecule has 184 valence electrons. The van der Waals surface area contributed by atoms with Crippen LogP contribution in [0.5, 0.6) is 5.75 Å². The zero-order chi connectivity index (χ0) is 24.6. The maximum absolute atomic E-state index is 13.2. The van der Waals surface area contributed by atoms with Crippen molar-refractivity contribution in [3.63, 3.8) is 0 Å². The van der Waals surface area contributed by atoms with Crippen LogP contribution >= 0.6 is 0 Å². The first-order valence-electron chi connectivity index (χ1n) is 13.0. The number of phenolic OH excluding ortho intramolecular Hbond substituents is 1. The number of carbonyl (C=O) groups excluding carboxylic acids is 2. The summed E-state index contributed by atoms with van der Waals surface area (Å²) in [6, 6.07) is 4.06. The molecule has 5 heteroatoms. The molecule has 0 spiro atoms. The summed E-state index contributed by atoms with van der Waals surface area (Å²) in [5, 5.41) is 10.1. The van der Waals surface area contributed by atoms with Crippen molar-refractivity contribution < 1.29 is 19.4 Å².